The highest BCUT2D eigenvalue weighted by atomic mass is 16.6. The molecule has 1 N–H and O–H groups in total. The fourth-order valence-corrected chi connectivity index (χ4v) is 7.60. The third kappa shape index (κ3) is 5.40. The molecule has 0 aliphatic carbocycles. The van der Waals surface area contributed by atoms with E-state index in [0.29, 0.717) is 57.2 Å². The Morgan fingerprint density at radius 3 is 2.60 bits per heavy atom. The average Bonchev–Trinajstić information content (AvgIpc) is 3.63. The molecule has 8 heteroatoms. The summed E-state index contributed by atoms with van der Waals surface area (Å²) in [6.45, 7) is 10.5. The highest BCUT2D eigenvalue weighted by Gasteiger charge is 2.79. The predicted molar refractivity (Wildman–Crippen MR) is 166 cm³/mol. The lowest BCUT2D eigenvalue weighted by Crippen LogP contribution is -2.56. The van der Waals surface area contributed by atoms with E-state index in [4.69, 9.17) is 9.47 Å². The molecule has 230 valence electrons. The van der Waals surface area contributed by atoms with Gasteiger partial charge in [-0.2, -0.15) is 0 Å². The van der Waals surface area contributed by atoms with Crippen molar-refractivity contribution in [3.8, 4) is 0 Å². The molecule has 2 bridgehead atoms. The van der Waals surface area contributed by atoms with Gasteiger partial charge in [0.05, 0.1) is 18.1 Å². The molecule has 43 heavy (non-hydrogen) atoms. The molecule has 2 aromatic carbocycles. The quantitative estimate of drug-likeness (QED) is 0.175. The first-order chi connectivity index (χ1) is 20.9. The van der Waals surface area contributed by atoms with Crippen LogP contribution in [0.2, 0.25) is 0 Å². The molecule has 3 aliphatic heterocycles. The number of nitrogens with zero attached hydrogens (tertiary/aromatic N) is 2. The molecule has 3 heterocycles. The van der Waals surface area contributed by atoms with Crippen molar-refractivity contribution in [3.05, 3.63) is 67.8 Å². The Hall–Kier alpha value is -3.49. The maximum absolute atomic E-state index is 14.8. The summed E-state index contributed by atoms with van der Waals surface area (Å²) >= 11 is 0. The summed E-state index contributed by atoms with van der Waals surface area (Å²) in [5, 5.41) is 11.4. The van der Waals surface area contributed by atoms with Crippen molar-refractivity contribution >= 4 is 34.2 Å². The Balaban J connectivity index is 1.53. The van der Waals surface area contributed by atoms with Gasteiger partial charge >= 0.3 is 5.97 Å². The molecule has 0 radical (unpaired) electrons. The first kappa shape index (κ1) is 31.0. The SMILES string of the molecule is C=CCCCOC(=O)[C@H]1[C@H]2C(=O)N(CCCCCO)C(C(=O)N(CC=C)c3ccc4ccccc4c3)C23CC[C@]1(CC)O3. The minimum Gasteiger partial charge on any atom is -0.465 e. The van der Waals surface area contributed by atoms with Crippen molar-refractivity contribution in [3.63, 3.8) is 0 Å². The van der Waals surface area contributed by atoms with E-state index in [1.54, 1.807) is 22.0 Å². The molecular weight excluding hydrogens is 544 g/mol. The number of benzene rings is 2. The van der Waals surface area contributed by atoms with Gasteiger partial charge in [0.1, 0.15) is 17.6 Å². The van der Waals surface area contributed by atoms with Crippen LogP contribution in [0.25, 0.3) is 10.8 Å². The van der Waals surface area contributed by atoms with Crippen molar-refractivity contribution in [2.75, 3.05) is 31.2 Å². The van der Waals surface area contributed by atoms with E-state index in [1.165, 1.54) is 0 Å². The summed E-state index contributed by atoms with van der Waals surface area (Å²) in [5.41, 5.74) is -1.25. The van der Waals surface area contributed by atoms with Crippen LogP contribution in [-0.4, -0.2) is 71.3 Å². The molecule has 5 rings (SSSR count). The van der Waals surface area contributed by atoms with Gasteiger partial charge in [0.25, 0.3) is 5.91 Å². The molecule has 5 atom stereocenters. The van der Waals surface area contributed by atoms with Gasteiger partial charge in [0, 0.05) is 25.4 Å². The summed E-state index contributed by atoms with van der Waals surface area (Å²) in [6, 6.07) is 13.0. The number of esters is 1. The van der Waals surface area contributed by atoms with E-state index >= 15 is 0 Å². The highest BCUT2D eigenvalue weighted by molar-refractivity contribution is 6.05. The molecule has 8 nitrogen and oxygen atoms in total. The maximum Gasteiger partial charge on any atom is 0.312 e. The fourth-order valence-electron chi connectivity index (χ4n) is 7.60. The zero-order valence-corrected chi connectivity index (χ0v) is 25.2. The van der Waals surface area contributed by atoms with Crippen molar-refractivity contribution in [2.24, 2.45) is 11.8 Å². The molecule has 0 aromatic heterocycles. The zero-order chi connectivity index (χ0) is 30.6. The number of hydrogen-bond acceptors (Lipinski definition) is 6. The lowest BCUT2D eigenvalue weighted by Gasteiger charge is -2.37. The third-order valence-corrected chi connectivity index (χ3v) is 9.65. The van der Waals surface area contributed by atoms with E-state index in [0.717, 1.165) is 17.2 Å². The molecule has 3 fully saturated rings. The van der Waals surface area contributed by atoms with Crippen LogP contribution in [0.15, 0.2) is 67.8 Å². The van der Waals surface area contributed by atoms with Crippen LogP contribution >= 0.6 is 0 Å². The number of fused-ring (bicyclic) bond motifs is 2. The van der Waals surface area contributed by atoms with Crippen molar-refractivity contribution < 1.29 is 29.0 Å². The molecule has 2 aromatic rings. The Labute approximate surface area is 254 Å². The normalized spacial score (nSPS) is 27.3. The van der Waals surface area contributed by atoms with Crippen LogP contribution in [0.4, 0.5) is 5.69 Å². The van der Waals surface area contributed by atoms with Crippen LogP contribution in [0.5, 0.6) is 0 Å². The summed E-state index contributed by atoms with van der Waals surface area (Å²) < 4.78 is 12.6. The van der Waals surface area contributed by atoms with Gasteiger partial charge in [-0.15, -0.1) is 13.2 Å². The molecule has 3 aliphatic rings. The van der Waals surface area contributed by atoms with Crippen LogP contribution in [-0.2, 0) is 23.9 Å². The summed E-state index contributed by atoms with van der Waals surface area (Å²) in [4.78, 5) is 46.2. The number of ether oxygens (including phenoxy) is 2. The highest BCUT2D eigenvalue weighted by Crippen LogP contribution is 2.64. The van der Waals surface area contributed by atoms with Gasteiger partial charge in [-0.3, -0.25) is 14.4 Å². The number of allylic oxidation sites excluding steroid dienone is 1. The molecule has 2 unspecified atom stereocenters. The number of unbranched alkanes of at least 4 members (excludes halogenated alkanes) is 3. The zero-order valence-electron chi connectivity index (χ0n) is 25.2. The van der Waals surface area contributed by atoms with Crippen molar-refractivity contribution in [1.82, 2.24) is 4.90 Å². The third-order valence-electron chi connectivity index (χ3n) is 9.65. The Bertz CT molecular complexity index is 1380. The number of carbonyl (C=O) groups excluding carboxylic acids is 3. The van der Waals surface area contributed by atoms with Gasteiger partial charge in [-0.25, -0.2) is 0 Å². The van der Waals surface area contributed by atoms with Crippen LogP contribution < -0.4 is 4.90 Å². The molecule has 0 saturated carbocycles. The van der Waals surface area contributed by atoms with Gasteiger partial charge in [0.15, 0.2) is 0 Å². The van der Waals surface area contributed by atoms with Crippen molar-refractivity contribution in [2.45, 2.75) is 75.5 Å². The van der Waals surface area contributed by atoms with Crippen LogP contribution in [0.1, 0.15) is 58.3 Å². The number of carbonyl (C=O) groups is 3. The van der Waals surface area contributed by atoms with E-state index < -0.39 is 35.0 Å². The first-order valence-corrected chi connectivity index (χ1v) is 15.7. The van der Waals surface area contributed by atoms with E-state index in [2.05, 4.69) is 13.2 Å². The second kappa shape index (κ2) is 13.0. The average molecular weight is 589 g/mol. The Kier molecular flexibility index (Phi) is 9.37. The topological polar surface area (TPSA) is 96.4 Å². The standard InChI is InChI=1S/C35H44N2O6/c1-4-7-13-23-42-33(41)29-28-31(39)37(21-11-8-12-22-38)30(35(28)19-18-34(29,6-3)43-35)32(40)36(20-5-2)27-17-16-25-14-9-10-15-26(25)24-27/h4-5,9-10,14-17,24,28-30,38H,1-2,6-8,11-13,18-23H2,3H3/t28-,29+,30?,34-,35?/m0/s1. The lowest BCUT2D eigenvalue weighted by atomic mass is 9.65. The van der Waals surface area contributed by atoms with Crippen LogP contribution in [0, 0.1) is 11.8 Å². The molecule has 1 spiro atoms. The van der Waals surface area contributed by atoms with E-state index in [1.807, 2.05) is 49.4 Å². The fraction of sp³-hybridized carbons (Fsp3) is 0.514. The van der Waals surface area contributed by atoms with Gasteiger partial charge in [0.2, 0.25) is 5.91 Å². The Morgan fingerprint density at radius 2 is 1.88 bits per heavy atom. The number of amides is 2. The minimum atomic E-state index is -1.12. The first-order valence-electron chi connectivity index (χ1n) is 15.7. The second-order valence-corrected chi connectivity index (χ2v) is 12.0. The minimum absolute atomic E-state index is 0.0693. The van der Waals surface area contributed by atoms with Crippen LogP contribution in [0.3, 0.4) is 0 Å². The smallest absolute Gasteiger partial charge is 0.312 e. The maximum atomic E-state index is 14.8. The van der Waals surface area contributed by atoms with E-state index in [9.17, 15) is 19.5 Å². The van der Waals surface area contributed by atoms with Gasteiger partial charge < -0.3 is 24.4 Å². The lowest BCUT2D eigenvalue weighted by molar-refractivity contribution is -0.161. The summed E-state index contributed by atoms with van der Waals surface area (Å²) in [6.07, 6.45) is 8.47. The molecule has 3 saturated heterocycles. The largest absolute Gasteiger partial charge is 0.465 e. The second-order valence-electron chi connectivity index (χ2n) is 12.0. The van der Waals surface area contributed by atoms with Crippen molar-refractivity contribution in [1.29, 1.82) is 0 Å². The monoisotopic (exact) mass is 588 g/mol. The predicted octanol–water partition coefficient (Wildman–Crippen LogP) is 5.19. The molecular formula is C35H44N2O6. The van der Waals surface area contributed by atoms with Gasteiger partial charge in [-0.1, -0.05) is 49.4 Å². The number of anilines is 1. The number of aliphatic hydroxyl groups excluding tert-OH is 1. The molecule has 2 amide bonds. The summed E-state index contributed by atoms with van der Waals surface area (Å²) in [5.74, 6) is -2.44. The Morgan fingerprint density at radius 1 is 1.09 bits per heavy atom. The summed E-state index contributed by atoms with van der Waals surface area (Å²) in [7, 11) is 0. The van der Waals surface area contributed by atoms with Gasteiger partial charge in [-0.05, 0) is 74.3 Å². The number of likely N-dealkylation sites (tertiary alicyclic amines) is 1. The number of hydrogen-bond donors (Lipinski definition) is 1. The van der Waals surface area contributed by atoms with E-state index in [-0.39, 0.29) is 31.6 Å². The number of rotatable bonds is 15. The number of aliphatic hydroxyl groups is 1.